The fraction of sp³-hybridized carbons (Fsp3) is 0.987. The van der Waals surface area contributed by atoms with E-state index in [1.165, 1.54) is 114 Å². The van der Waals surface area contributed by atoms with Crippen molar-refractivity contribution in [2.45, 2.75) is 412 Å². The minimum atomic E-state index is 0.0289. The summed E-state index contributed by atoms with van der Waals surface area (Å²) in [7, 11) is 0. The largest absolute Gasteiger partial charge is 0.315 e. The molecule has 0 heterocycles. The van der Waals surface area contributed by atoms with Crippen LogP contribution in [0, 0.1) is 0 Å². The van der Waals surface area contributed by atoms with Crippen molar-refractivity contribution in [1.82, 2.24) is 63.8 Å². The lowest BCUT2D eigenvalue weighted by molar-refractivity contribution is -0.118. The van der Waals surface area contributed by atoms with Crippen LogP contribution < -0.4 is 63.8 Å². The first-order chi connectivity index (χ1) is 41.6. The van der Waals surface area contributed by atoms with Crippen molar-refractivity contribution in [3.63, 3.8) is 0 Å². The Morgan fingerprint density at radius 1 is 0.239 bits per heavy atom. The van der Waals surface area contributed by atoms with Crippen LogP contribution in [-0.4, -0.2) is 163 Å². The molecular formula is C78H178N12OS. The van der Waals surface area contributed by atoms with Gasteiger partial charge in [-0.25, -0.2) is 0 Å². The summed E-state index contributed by atoms with van der Waals surface area (Å²) in [6, 6.07) is 1.08. The van der Waals surface area contributed by atoms with Crippen molar-refractivity contribution >= 4 is 17.5 Å². The molecule has 0 aromatic rings. The van der Waals surface area contributed by atoms with Gasteiger partial charge >= 0.3 is 0 Å². The molecule has 13 nitrogen and oxygen atoms in total. The quantitative estimate of drug-likeness (QED) is 0.0262. The molecular weight excluding hydrogens is 1150 g/mol. The van der Waals surface area contributed by atoms with Gasteiger partial charge < -0.3 is 63.8 Å². The third-order valence-corrected chi connectivity index (χ3v) is 14.1. The number of unbranched alkanes of at least 4 members (excludes halogenated alkanes) is 12. The SMILES string of the molecule is CC(C)(C)NCCCCCCCCNC(C)(C)C.CC(C)(C)NCCCCCCCNC(C)(C)C.CC(C)(C)NCCCCCNC(C)(C)C.CC(C)(C)NCCSCCNC(C)(C)C.CC(C)NCCC(=O)CNC(C)(C)C.CC(C)NCCCCNC(C)(C)C. The molecule has 0 unspecified atom stereocenters. The molecule has 562 valence electrons. The van der Waals surface area contributed by atoms with Crippen molar-refractivity contribution < 1.29 is 4.79 Å². The van der Waals surface area contributed by atoms with E-state index in [1.807, 2.05) is 11.8 Å². The van der Waals surface area contributed by atoms with Gasteiger partial charge in [0.05, 0.1) is 6.54 Å². The molecule has 0 amide bonds. The van der Waals surface area contributed by atoms with Crippen molar-refractivity contribution in [3.8, 4) is 0 Å². The summed E-state index contributed by atoms with van der Waals surface area (Å²) in [5.74, 6) is 2.67. The molecule has 0 atom stereocenters. The molecule has 0 saturated carbocycles. The van der Waals surface area contributed by atoms with Gasteiger partial charge in [-0.15, -0.1) is 0 Å². The molecule has 0 saturated heterocycles. The van der Waals surface area contributed by atoms with Gasteiger partial charge in [-0.1, -0.05) is 79.1 Å². The topological polar surface area (TPSA) is 161 Å². The second kappa shape index (κ2) is 57.3. The van der Waals surface area contributed by atoms with Crippen LogP contribution in [0.3, 0.4) is 0 Å². The van der Waals surface area contributed by atoms with Gasteiger partial charge in [-0.3, -0.25) is 4.79 Å². The molecule has 0 aromatic carbocycles. The number of nitrogens with one attached hydrogen (secondary N) is 12. The Balaban J connectivity index is -0.000000242. The van der Waals surface area contributed by atoms with Gasteiger partial charge in [0, 0.05) is 105 Å². The summed E-state index contributed by atoms with van der Waals surface area (Å²) in [5.41, 5.74) is 2.44. The van der Waals surface area contributed by atoms with Crippen LogP contribution in [0.2, 0.25) is 0 Å². The number of thioether (sulfide) groups is 1. The summed E-state index contributed by atoms with van der Waals surface area (Å²) in [6.45, 7) is 87.3. The summed E-state index contributed by atoms with van der Waals surface area (Å²) >= 11 is 2.01. The number of carbonyl (C=O) groups excluding carboxylic acids is 1. The molecule has 14 heteroatoms. The highest BCUT2D eigenvalue weighted by molar-refractivity contribution is 7.99. The zero-order chi connectivity index (χ0) is 72.8. The van der Waals surface area contributed by atoms with Crippen LogP contribution in [0.25, 0.3) is 0 Å². The van der Waals surface area contributed by atoms with Gasteiger partial charge in [-0.2, -0.15) is 11.8 Å². The van der Waals surface area contributed by atoms with Crippen LogP contribution in [0.5, 0.6) is 0 Å². The van der Waals surface area contributed by atoms with Crippen LogP contribution in [0.15, 0.2) is 0 Å². The standard InChI is InChI=1S/C16H36N2.C15H34N2.C13H30N2.C12H28N2S.C11H24N2O.C11H26N2/c1-15(2,3)17-13-11-9-7-8-10-12-14-18-16(4,5)6;1-14(2,3)16-12-10-8-7-9-11-13-17-15(4,5)6;1-12(2,3)14-10-8-7-9-11-15-13(4,5)6;1-11(2,3)13-7-9-15-10-8-14-12(4,5)6;1-9(2)12-7-6-10(14)8-13-11(3,4)5;1-10(2)12-8-6-7-9-13-11(3,4)5/h17-18H,7-14H2,1-6H3;16-17H,7-13H2,1-6H3;14-15H,7-11H2,1-6H3;13-14H,7-10H2,1-6H3;9,12-13H,6-8H2,1-5H3;10,12-13H,6-9H2,1-5H3. The van der Waals surface area contributed by atoms with Gasteiger partial charge in [0.15, 0.2) is 0 Å². The maximum atomic E-state index is 11.4. The van der Waals surface area contributed by atoms with Gasteiger partial charge in [0.2, 0.25) is 0 Å². The first kappa shape index (κ1) is 103. The maximum Gasteiger partial charge on any atom is 0.147 e. The lowest BCUT2D eigenvalue weighted by Gasteiger charge is -2.21. The fourth-order valence-corrected chi connectivity index (χ4v) is 8.80. The van der Waals surface area contributed by atoms with Gasteiger partial charge in [-0.05, 0) is 311 Å². The molecule has 0 bridgehead atoms. The Morgan fingerprint density at radius 3 is 0.630 bits per heavy atom. The third kappa shape index (κ3) is 126. The predicted molar refractivity (Wildman–Crippen MR) is 425 cm³/mol. The first-order valence-corrected chi connectivity index (χ1v) is 38.8. The summed E-state index contributed by atoms with van der Waals surface area (Å²) in [4.78, 5) is 11.4. The number of rotatable bonds is 41. The molecule has 0 radical (unpaired) electrons. The van der Waals surface area contributed by atoms with E-state index in [0.29, 0.717) is 25.0 Å². The van der Waals surface area contributed by atoms with Crippen molar-refractivity contribution in [1.29, 1.82) is 0 Å². The van der Waals surface area contributed by atoms with Gasteiger partial charge in [0.25, 0.3) is 0 Å². The molecule has 0 aliphatic rings. The summed E-state index contributed by atoms with van der Waals surface area (Å²) in [6.07, 6.45) is 21.9. The van der Waals surface area contributed by atoms with Crippen molar-refractivity contribution in [2.24, 2.45) is 0 Å². The maximum absolute atomic E-state index is 11.4. The van der Waals surface area contributed by atoms with Crippen LogP contribution in [0.1, 0.15) is 345 Å². The highest BCUT2D eigenvalue weighted by Crippen LogP contribution is 2.10. The zero-order valence-electron chi connectivity index (χ0n) is 69.4. The number of carbonyl (C=O) groups is 1. The average Bonchev–Trinajstić information content (AvgIpc) is 3.59. The summed E-state index contributed by atoms with van der Waals surface area (Å²) < 4.78 is 0. The number of hydrogen-bond acceptors (Lipinski definition) is 14. The Kier molecular flexibility index (Phi) is 63.9. The highest BCUT2D eigenvalue weighted by Gasteiger charge is 2.15. The van der Waals surface area contributed by atoms with E-state index in [2.05, 4.69) is 299 Å². The lowest BCUT2D eigenvalue weighted by Crippen LogP contribution is -2.40. The Bertz CT molecular complexity index is 1440. The van der Waals surface area contributed by atoms with E-state index in [4.69, 9.17) is 0 Å². The minimum Gasteiger partial charge on any atom is -0.315 e. The van der Waals surface area contributed by atoms with Crippen LogP contribution >= 0.6 is 11.8 Å². The molecule has 12 N–H and O–H groups in total. The Labute approximate surface area is 585 Å². The molecule has 0 rings (SSSR count). The zero-order valence-corrected chi connectivity index (χ0v) is 70.2. The smallest absolute Gasteiger partial charge is 0.147 e. The second-order valence-corrected chi connectivity index (χ2v) is 38.2. The molecule has 0 aliphatic heterocycles. The van der Waals surface area contributed by atoms with E-state index in [0.717, 1.165) is 72.0 Å². The monoisotopic (exact) mass is 1330 g/mol. The Hall–Kier alpha value is -0.460. The fourth-order valence-electron chi connectivity index (χ4n) is 8.10. The normalized spacial score (nSPS) is 12.9. The molecule has 0 fully saturated rings. The van der Waals surface area contributed by atoms with Crippen LogP contribution in [-0.2, 0) is 4.79 Å². The van der Waals surface area contributed by atoms with E-state index in [-0.39, 0.29) is 61.2 Å². The minimum absolute atomic E-state index is 0.0289. The number of Topliss-reactive ketones (excluding diaryl/α,β-unsaturated/α-hetero) is 1. The third-order valence-electron chi connectivity index (χ3n) is 13.1. The Morgan fingerprint density at radius 2 is 0.413 bits per heavy atom. The number of hydrogen-bond donors (Lipinski definition) is 12. The highest BCUT2D eigenvalue weighted by atomic mass is 32.2. The first-order valence-electron chi connectivity index (χ1n) is 37.6. The second-order valence-electron chi connectivity index (χ2n) is 37.0. The van der Waals surface area contributed by atoms with E-state index >= 15 is 0 Å². The van der Waals surface area contributed by atoms with Crippen molar-refractivity contribution in [2.75, 3.05) is 90.0 Å². The van der Waals surface area contributed by atoms with Crippen LogP contribution in [0.4, 0.5) is 0 Å². The molecule has 0 aromatic heterocycles. The predicted octanol–water partition coefficient (Wildman–Crippen LogP) is 16.7. The summed E-state index contributed by atoms with van der Waals surface area (Å²) in [5, 5.41) is 41.4. The van der Waals surface area contributed by atoms with E-state index in [1.54, 1.807) is 0 Å². The molecule has 0 spiro atoms. The van der Waals surface area contributed by atoms with E-state index < -0.39 is 0 Å². The average molecular weight is 1330 g/mol. The van der Waals surface area contributed by atoms with Gasteiger partial charge in [0.1, 0.15) is 5.78 Å². The van der Waals surface area contributed by atoms with Crippen molar-refractivity contribution in [3.05, 3.63) is 0 Å². The molecule has 0 aliphatic carbocycles. The van der Waals surface area contributed by atoms with E-state index in [9.17, 15) is 4.79 Å². The number of ketones is 1. The lowest BCUT2D eigenvalue weighted by atomic mass is 10.1. The molecule has 92 heavy (non-hydrogen) atoms.